The highest BCUT2D eigenvalue weighted by Gasteiger charge is 2.20. The number of nitrogens with one attached hydrogen (secondary N) is 1. The van der Waals surface area contributed by atoms with Crippen LogP contribution in [0.2, 0.25) is 0 Å². The Labute approximate surface area is 195 Å². The van der Waals surface area contributed by atoms with Crippen LogP contribution in [-0.4, -0.2) is 44.2 Å². The Morgan fingerprint density at radius 1 is 0.875 bits per heavy atom. The first-order chi connectivity index (χ1) is 15.8. The summed E-state index contributed by atoms with van der Waals surface area (Å²) < 4.78 is 5.84. The summed E-state index contributed by atoms with van der Waals surface area (Å²) in [6.45, 7) is 8.22. The van der Waals surface area contributed by atoms with Gasteiger partial charge in [0.2, 0.25) is 0 Å². The monoisotopic (exact) mass is 445 g/mol. The molecule has 0 aliphatic carbocycles. The minimum Gasteiger partial charge on any atom is -0.492 e. The van der Waals surface area contributed by atoms with Crippen molar-refractivity contribution in [2.75, 3.05) is 49.5 Å². The second-order valence-electron chi connectivity index (χ2n) is 8.35. The molecule has 0 atom stereocenters. The molecule has 0 radical (unpaired) electrons. The fraction of sp³-hybridized carbons (Fsp3) is 0.333. The smallest absolute Gasteiger partial charge is 0.142 e. The third-order valence-corrected chi connectivity index (χ3v) is 7.41. The second kappa shape index (κ2) is 9.88. The Morgan fingerprint density at radius 2 is 1.66 bits per heavy atom. The predicted octanol–water partition coefficient (Wildman–Crippen LogP) is 6.05. The van der Waals surface area contributed by atoms with Gasteiger partial charge in [0.1, 0.15) is 5.75 Å². The molecule has 0 spiro atoms. The molecule has 4 nitrogen and oxygen atoms in total. The zero-order valence-electron chi connectivity index (χ0n) is 18.7. The SMILES string of the molecule is CCOc1ccccc1N1CCN(CCCc2cccc3c2Nc2ccccc2S3)CC1. The van der Waals surface area contributed by atoms with Crippen molar-refractivity contribution in [3.05, 3.63) is 72.3 Å². The molecular weight excluding hydrogens is 414 g/mol. The third-order valence-electron chi connectivity index (χ3n) is 6.28. The number of anilines is 3. The van der Waals surface area contributed by atoms with Crippen LogP contribution in [0.25, 0.3) is 0 Å². The molecule has 3 aromatic carbocycles. The van der Waals surface area contributed by atoms with Crippen LogP contribution in [0.15, 0.2) is 76.5 Å². The number of aryl methyl sites for hydroxylation is 1. The van der Waals surface area contributed by atoms with Crippen molar-refractivity contribution in [2.24, 2.45) is 0 Å². The highest BCUT2D eigenvalue weighted by molar-refractivity contribution is 7.99. The van der Waals surface area contributed by atoms with E-state index in [4.69, 9.17) is 4.74 Å². The van der Waals surface area contributed by atoms with Crippen molar-refractivity contribution in [2.45, 2.75) is 29.6 Å². The minimum atomic E-state index is 0.707. The van der Waals surface area contributed by atoms with Crippen molar-refractivity contribution in [3.63, 3.8) is 0 Å². The molecule has 0 bridgehead atoms. The molecule has 0 aromatic heterocycles. The van der Waals surface area contributed by atoms with Crippen LogP contribution in [0.1, 0.15) is 18.9 Å². The fourth-order valence-corrected chi connectivity index (χ4v) is 5.67. The van der Waals surface area contributed by atoms with Gasteiger partial charge >= 0.3 is 0 Å². The normalized spacial score (nSPS) is 15.6. The molecule has 1 saturated heterocycles. The molecule has 166 valence electrons. The quantitative estimate of drug-likeness (QED) is 0.374. The van der Waals surface area contributed by atoms with Crippen LogP contribution < -0.4 is 15.0 Å². The van der Waals surface area contributed by atoms with E-state index in [0.717, 1.165) is 44.9 Å². The van der Waals surface area contributed by atoms with Crippen LogP contribution in [0.3, 0.4) is 0 Å². The lowest BCUT2D eigenvalue weighted by Crippen LogP contribution is -2.46. The van der Waals surface area contributed by atoms with Gasteiger partial charge in [0, 0.05) is 36.0 Å². The highest BCUT2D eigenvalue weighted by atomic mass is 32.2. The second-order valence-corrected chi connectivity index (χ2v) is 9.43. The summed E-state index contributed by atoms with van der Waals surface area (Å²) in [6.07, 6.45) is 2.28. The van der Waals surface area contributed by atoms with Gasteiger partial charge in [0.15, 0.2) is 0 Å². The Balaban J connectivity index is 1.15. The van der Waals surface area contributed by atoms with Crippen molar-refractivity contribution < 1.29 is 4.74 Å². The summed E-state index contributed by atoms with van der Waals surface area (Å²) in [5, 5.41) is 3.68. The molecule has 2 aliphatic heterocycles. The van der Waals surface area contributed by atoms with Crippen LogP contribution in [0, 0.1) is 0 Å². The number of hydrogen-bond donors (Lipinski definition) is 1. The Kier molecular flexibility index (Phi) is 6.56. The molecule has 2 aliphatic rings. The van der Waals surface area contributed by atoms with E-state index >= 15 is 0 Å². The largest absolute Gasteiger partial charge is 0.492 e. The van der Waals surface area contributed by atoms with Gasteiger partial charge in [-0.05, 0) is 62.2 Å². The van der Waals surface area contributed by atoms with E-state index in [-0.39, 0.29) is 0 Å². The first-order valence-electron chi connectivity index (χ1n) is 11.7. The average Bonchev–Trinajstić information content (AvgIpc) is 2.84. The van der Waals surface area contributed by atoms with Gasteiger partial charge in [-0.1, -0.05) is 48.2 Å². The standard InChI is InChI=1S/C27H31N3OS/c1-2-31-24-13-5-4-12-23(24)30-19-17-29(18-20-30)16-8-10-21-9-7-15-26-27(21)28-22-11-3-6-14-25(22)32-26/h3-7,9,11-15,28H,2,8,10,16-20H2,1H3. The maximum atomic E-state index is 5.84. The van der Waals surface area contributed by atoms with Crippen LogP contribution in [-0.2, 0) is 6.42 Å². The summed E-state index contributed by atoms with van der Waals surface area (Å²) in [5.41, 5.74) is 5.18. The average molecular weight is 446 g/mol. The molecule has 1 N–H and O–H groups in total. The summed E-state index contributed by atoms with van der Waals surface area (Å²) >= 11 is 1.87. The molecule has 3 aromatic rings. The summed E-state index contributed by atoms with van der Waals surface area (Å²) in [7, 11) is 0. The number of benzene rings is 3. The van der Waals surface area contributed by atoms with E-state index in [0.29, 0.717) is 6.61 Å². The third kappa shape index (κ3) is 4.59. The fourth-order valence-electron chi connectivity index (χ4n) is 4.63. The van der Waals surface area contributed by atoms with Crippen LogP contribution >= 0.6 is 11.8 Å². The number of hydrogen-bond acceptors (Lipinski definition) is 5. The van der Waals surface area contributed by atoms with E-state index < -0.39 is 0 Å². The first kappa shape index (κ1) is 21.2. The molecule has 0 unspecified atom stereocenters. The maximum Gasteiger partial charge on any atom is 0.142 e. The van der Waals surface area contributed by atoms with E-state index in [1.165, 1.54) is 38.8 Å². The van der Waals surface area contributed by atoms with Gasteiger partial charge in [-0.2, -0.15) is 0 Å². The van der Waals surface area contributed by atoms with Crippen molar-refractivity contribution >= 4 is 28.8 Å². The zero-order chi connectivity index (χ0) is 21.8. The maximum absolute atomic E-state index is 5.84. The van der Waals surface area contributed by atoms with Crippen LogP contribution in [0.5, 0.6) is 5.75 Å². The lowest BCUT2D eigenvalue weighted by molar-refractivity contribution is 0.253. The van der Waals surface area contributed by atoms with Gasteiger partial charge in [-0.15, -0.1) is 0 Å². The minimum absolute atomic E-state index is 0.707. The van der Waals surface area contributed by atoms with E-state index in [2.05, 4.69) is 81.8 Å². The van der Waals surface area contributed by atoms with E-state index in [1.54, 1.807) is 0 Å². The van der Waals surface area contributed by atoms with Crippen molar-refractivity contribution in [1.29, 1.82) is 0 Å². The molecule has 0 saturated carbocycles. The molecule has 2 heterocycles. The molecular formula is C27H31N3OS. The molecule has 1 fully saturated rings. The molecule has 0 amide bonds. The van der Waals surface area contributed by atoms with E-state index in [9.17, 15) is 0 Å². The van der Waals surface area contributed by atoms with E-state index in [1.807, 2.05) is 18.7 Å². The molecule has 5 heteroatoms. The number of rotatable bonds is 7. The van der Waals surface area contributed by atoms with Crippen LogP contribution in [0.4, 0.5) is 17.1 Å². The molecule has 5 rings (SSSR count). The van der Waals surface area contributed by atoms with Gasteiger partial charge in [-0.3, -0.25) is 4.90 Å². The number of para-hydroxylation sites is 4. The van der Waals surface area contributed by atoms with Gasteiger partial charge < -0.3 is 15.0 Å². The summed E-state index contributed by atoms with van der Waals surface area (Å²) in [5.74, 6) is 1.00. The highest BCUT2D eigenvalue weighted by Crippen LogP contribution is 2.45. The Hall–Kier alpha value is -2.63. The number of nitrogens with zero attached hydrogens (tertiary/aromatic N) is 2. The Bertz CT molecular complexity index is 1060. The topological polar surface area (TPSA) is 27.7 Å². The van der Waals surface area contributed by atoms with Gasteiger partial charge in [0.25, 0.3) is 0 Å². The number of fused-ring (bicyclic) bond motifs is 2. The van der Waals surface area contributed by atoms with Crippen molar-refractivity contribution in [3.8, 4) is 5.75 Å². The number of piperazine rings is 1. The summed E-state index contributed by atoms with van der Waals surface area (Å²) in [6, 6.07) is 23.7. The predicted molar refractivity (Wildman–Crippen MR) is 135 cm³/mol. The van der Waals surface area contributed by atoms with Gasteiger partial charge in [-0.25, -0.2) is 0 Å². The zero-order valence-corrected chi connectivity index (χ0v) is 19.5. The lowest BCUT2D eigenvalue weighted by atomic mass is 10.1. The summed E-state index contributed by atoms with van der Waals surface area (Å²) in [4.78, 5) is 7.71. The Morgan fingerprint density at radius 3 is 2.53 bits per heavy atom. The number of ether oxygens (including phenoxy) is 1. The van der Waals surface area contributed by atoms with Crippen molar-refractivity contribution in [1.82, 2.24) is 4.90 Å². The lowest BCUT2D eigenvalue weighted by Gasteiger charge is -2.36. The molecule has 32 heavy (non-hydrogen) atoms. The first-order valence-corrected chi connectivity index (χ1v) is 12.5. The van der Waals surface area contributed by atoms with Gasteiger partial charge in [0.05, 0.1) is 23.7 Å².